The van der Waals surface area contributed by atoms with Crippen molar-refractivity contribution in [1.82, 2.24) is 4.48 Å². The molecule has 0 saturated carbocycles. The second kappa shape index (κ2) is 6.67. The molecule has 3 heteroatoms. The molecule has 1 aliphatic carbocycles. The highest BCUT2D eigenvalue weighted by atomic mass is 19.1. The summed E-state index contributed by atoms with van der Waals surface area (Å²) in [7, 11) is 0. The molecule has 2 aromatic rings. The first kappa shape index (κ1) is 16.5. The number of fused-ring (bicyclic) bond motifs is 1. The van der Waals surface area contributed by atoms with E-state index in [1.807, 2.05) is 31.2 Å². The molecule has 0 fully saturated rings. The number of hydrogen-bond donors (Lipinski definition) is 1. The maximum absolute atomic E-state index is 13.4. The molecule has 3 rings (SSSR count). The minimum atomic E-state index is -0.226. The van der Waals surface area contributed by atoms with Crippen molar-refractivity contribution in [3.05, 3.63) is 59.4 Å². The zero-order valence-corrected chi connectivity index (χ0v) is 14.2. The third kappa shape index (κ3) is 2.90. The lowest BCUT2D eigenvalue weighted by Crippen LogP contribution is -2.55. The van der Waals surface area contributed by atoms with E-state index >= 15 is 0 Å². The van der Waals surface area contributed by atoms with Gasteiger partial charge in [0.1, 0.15) is 29.3 Å². The summed E-state index contributed by atoms with van der Waals surface area (Å²) in [4.78, 5) is 0. The van der Waals surface area contributed by atoms with E-state index in [0.717, 1.165) is 31.5 Å². The van der Waals surface area contributed by atoms with Crippen LogP contribution in [0.2, 0.25) is 0 Å². The van der Waals surface area contributed by atoms with E-state index in [4.69, 9.17) is 0 Å². The van der Waals surface area contributed by atoms with Gasteiger partial charge in [-0.25, -0.2) is 8.87 Å². The van der Waals surface area contributed by atoms with Crippen LogP contribution in [0.1, 0.15) is 31.4 Å². The first-order chi connectivity index (χ1) is 11.6. The molecule has 0 bridgehead atoms. The van der Waals surface area contributed by atoms with Crippen molar-refractivity contribution in [2.24, 2.45) is 0 Å². The Labute approximate surface area is 143 Å². The summed E-state index contributed by atoms with van der Waals surface area (Å²) in [6.45, 7) is 4.81. The second-order valence-corrected chi connectivity index (χ2v) is 6.37. The van der Waals surface area contributed by atoms with E-state index in [0.29, 0.717) is 16.3 Å². The van der Waals surface area contributed by atoms with Crippen LogP contribution < -0.4 is 4.48 Å². The van der Waals surface area contributed by atoms with Crippen LogP contribution in [0, 0.1) is 17.8 Å². The zero-order chi connectivity index (χ0) is 17.2. The van der Waals surface area contributed by atoms with Gasteiger partial charge in [-0.15, -0.1) is 0 Å². The average molecular weight is 324 g/mol. The van der Waals surface area contributed by atoms with Crippen LogP contribution in [-0.4, -0.2) is 17.7 Å². The van der Waals surface area contributed by atoms with Crippen molar-refractivity contribution in [1.29, 1.82) is 0 Å². The number of nitrogens with zero attached hydrogens (tertiary/aromatic N) is 1. The number of aryl methyl sites for hydroxylation is 1. The number of benzene rings is 2. The lowest BCUT2D eigenvalue weighted by atomic mass is 9.86. The summed E-state index contributed by atoms with van der Waals surface area (Å²) in [5.41, 5.74) is 3.53. The lowest BCUT2D eigenvalue weighted by Gasteiger charge is -2.40. The molecule has 2 nitrogen and oxygen atoms in total. The number of aromatic hydroxyl groups is 1. The van der Waals surface area contributed by atoms with Gasteiger partial charge in [0.05, 0.1) is 6.54 Å². The first-order valence-corrected chi connectivity index (χ1v) is 8.47. The molecule has 2 atom stereocenters. The van der Waals surface area contributed by atoms with Crippen LogP contribution in [0.4, 0.5) is 10.1 Å². The predicted molar refractivity (Wildman–Crippen MR) is 96.1 cm³/mol. The van der Waals surface area contributed by atoms with Crippen molar-refractivity contribution in [2.75, 3.05) is 6.54 Å². The second-order valence-electron chi connectivity index (χ2n) is 6.37. The van der Waals surface area contributed by atoms with Gasteiger partial charge < -0.3 is 5.11 Å². The molecule has 0 aliphatic heterocycles. The Kier molecular flexibility index (Phi) is 4.59. The molecule has 2 aromatic carbocycles. The molecule has 124 valence electrons. The minimum absolute atomic E-state index is 0.226. The van der Waals surface area contributed by atoms with Gasteiger partial charge in [0, 0.05) is 31.9 Å². The van der Waals surface area contributed by atoms with Crippen LogP contribution in [-0.2, 0) is 12.8 Å². The summed E-state index contributed by atoms with van der Waals surface area (Å²) in [5.74, 6) is 3.17. The fourth-order valence-corrected chi connectivity index (χ4v) is 3.89. The molecular formula is C21H23FNO+. The number of phenolic OH excluding ortho intramolecular Hbond substituents is 1. The number of quaternary nitrogens is 1. The molecule has 0 unspecified atom stereocenters. The van der Waals surface area contributed by atoms with E-state index in [2.05, 4.69) is 18.9 Å². The monoisotopic (exact) mass is 324 g/mol. The predicted octanol–water partition coefficient (Wildman–Crippen LogP) is 4.40. The van der Waals surface area contributed by atoms with Crippen molar-refractivity contribution < 1.29 is 9.50 Å². The van der Waals surface area contributed by atoms with Gasteiger partial charge in [-0.1, -0.05) is 6.07 Å². The molecule has 0 saturated heterocycles. The largest absolute Gasteiger partial charge is 0.508 e. The Bertz CT molecular complexity index is 788. The van der Waals surface area contributed by atoms with Crippen LogP contribution in [0.5, 0.6) is 5.75 Å². The number of rotatable bonds is 3. The quantitative estimate of drug-likeness (QED) is 0.655. The molecule has 1 aliphatic rings. The van der Waals surface area contributed by atoms with E-state index < -0.39 is 0 Å². The van der Waals surface area contributed by atoms with Crippen LogP contribution in [0.15, 0.2) is 42.5 Å². The van der Waals surface area contributed by atoms with Gasteiger partial charge in [0.25, 0.3) is 0 Å². The zero-order valence-electron chi connectivity index (χ0n) is 14.2. The summed E-state index contributed by atoms with van der Waals surface area (Å²) in [6, 6.07) is 16.1. The van der Waals surface area contributed by atoms with Gasteiger partial charge in [0.2, 0.25) is 0 Å². The van der Waals surface area contributed by atoms with Gasteiger partial charge >= 0.3 is 0 Å². The summed E-state index contributed by atoms with van der Waals surface area (Å²) < 4.78 is 13.9. The molecule has 24 heavy (non-hydrogen) atoms. The fraction of sp³-hybridized carbons (Fsp3) is 0.333. The molecule has 0 spiro atoms. The topological polar surface area (TPSA) is 20.2 Å². The third-order valence-corrected chi connectivity index (χ3v) is 5.11. The van der Waals surface area contributed by atoms with Crippen LogP contribution in [0.25, 0.3) is 0 Å². The highest BCUT2D eigenvalue weighted by Gasteiger charge is 2.39. The number of halogens is 1. The Morgan fingerprint density at radius 1 is 1.17 bits per heavy atom. The van der Waals surface area contributed by atoms with Crippen LogP contribution >= 0.6 is 0 Å². The van der Waals surface area contributed by atoms with E-state index in [1.165, 1.54) is 23.3 Å². The average Bonchev–Trinajstić information content (AvgIpc) is 2.60. The van der Waals surface area contributed by atoms with Crippen molar-refractivity contribution >= 4 is 5.69 Å². The molecule has 1 N–H and O–H groups in total. The summed E-state index contributed by atoms with van der Waals surface area (Å²) in [6.07, 6.45) is 2.87. The Hall–Kier alpha value is -2.31. The molecule has 0 aromatic heterocycles. The highest BCUT2D eigenvalue weighted by Crippen LogP contribution is 2.35. The maximum atomic E-state index is 13.4. The number of hydrogen-bond acceptors (Lipinski definition) is 1. The van der Waals surface area contributed by atoms with Gasteiger partial charge in [-0.3, -0.25) is 0 Å². The van der Waals surface area contributed by atoms with Crippen molar-refractivity contribution in [3.63, 3.8) is 0 Å². The van der Waals surface area contributed by atoms with Crippen molar-refractivity contribution in [3.8, 4) is 17.7 Å². The van der Waals surface area contributed by atoms with E-state index in [-0.39, 0.29) is 5.82 Å². The normalized spacial score (nSPS) is 18.9. The highest BCUT2D eigenvalue weighted by molar-refractivity contribution is 5.50. The third-order valence-electron chi connectivity index (χ3n) is 5.11. The SMILES string of the molecule is CC#C[N@@+](CC)(c1ccc(F)cc1)[C@H]1CCc2ccc(O)cc2C1. The minimum Gasteiger partial charge on any atom is -0.508 e. The Balaban J connectivity index is 2.03. The molecule has 0 heterocycles. The standard InChI is InChI=1S/C21H22FNO/c1-3-13-23(4-2,19-10-7-18(22)8-11-19)20-9-5-16-6-12-21(24)15-17(16)14-20/h6-8,10-12,15,20H,4-5,9,14H2,1-2H3/p+1/t20-,23-/m0/s1. The van der Waals surface area contributed by atoms with E-state index in [9.17, 15) is 9.50 Å². The Morgan fingerprint density at radius 3 is 2.58 bits per heavy atom. The van der Waals surface area contributed by atoms with Crippen molar-refractivity contribution in [2.45, 2.75) is 39.2 Å². The van der Waals surface area contributed by atoms with E-state index in [1.54, 1.807) is 6.07 Å². The first-order valence-electron chi connectivity index (χ1n) is 8.47. The Morgan fingerprint density at radius 2 is 1.92 bits per heavy atom. The number of phenols is 1. The summed E-state index contributed by atoms with van der Waals surface area (Å²) >= 11 is 0. The fourth-order valence-electron chi connectivity index (χ4n) is 3.89. The van der Waals surface area contributed by atoms with Crippen LogP contribution in [0.3, 0.4) is 0 Å². The van der Waals surface area contributed by atoms with Gasteiger partial charge in [-0.05, 0) is 54.7 Å². The lowest BCUT2D eigenvalue weighted by molar-refractivity contribution is 0.277. The number of likely N-dealkylation sites (N-methyl/N-ethyl adjacent to an activating group) is 1. The maximum Gasteiger partial charge on any atom is 0.146 e. The summed E-state index contributed by atoms with van der Waals surface area (Å²) in [5, 5.41) is 9.81. The molecular weight excluding hydrogens is 301 g/mol. The van der Waals surface area contributed by atoms with Gasteiger partial charge in [-0.2, -0.15) is 0 Å². The molecule has 0 radical (unpaired) electrons. The smallest absolute Gasteiger partial charge is 0.146 e. The van der Waals surface area contributed by atoms with Gasteiger partial charge in [0.15, 0.2) is 0 Å². The molecule has 0 amide bonds.